The second-order valence-corrected chi connectivity index (χ2v) is 4.53. The molecule has 0 aliphatic heterocycles. The highest BCUT2D eigenvalue weighted by atomic mass is 14.7. The summed E-state index contributed by atoms with van der Waals surface area (Å²) in [5.74, 6) is 0. The van der Waals surface area contributed by atoms with Crippen molar-refractivity contribution >= 4 is 10.9 Å². The number of hydrogen-bond acceptors (Lipinski definition) is 0. The Hall–Kier alpha value is -1.24. The van der Waals surface area contributed by atoms with Crippen LogP contribution in [-0.2, 0) is 5.41 Å². The zero-order chi connectivity index (χ0) is 9.47. The first-order chi connectivity index (χ1) is 6.07. The van der Waals surface area contributed by atoms with E-state index < -0.39 is 0 Å². The standard InChI is InChI=1S/C12H15N.H2/c1-12(2,3)10-4-5-11-9(8-10)6-7-13-11;/h4-8,13H,1-3H3;1H. The van der Waals surface area contributed by atoms with Gasteiger partial charge in [-0.15, -0.1) is 0 Å². The van der Waals surface area contributed by atoms with Gasteiger partial charge in [-0.25, -0.2) is 0 Å². The van der Waals surface area contributed by atoms with Gasteiger partial charge in [0.15, 0.2) is 0 Å². The van der Waals surface area contributed by atoms with E-state index in [0.29, 0.717) is 0 Å². The summed E-state index contributed by atoms with van der Waals surface area (Å²) in [6.07, 6.45) is 1.98. The Kier molecular flexibility index (Phi) is 1.69. The third-order valence-electron chi connectivity index (χ3n) is 2.42. The molecule has 0 spiro atoms. The predicted octanol–water partition coefficient (Wildman–Crippen LogP) is 3.71. The lowest BCUT2D eigenvalue weighted by Gasteiger charge is -2.18. The van der Waals surface area contributed by atoms with Gasteiger partial charge in [-0.2, -0.15) is 0 Å². The highest BCUT2D eigenvalue weighted by Gasteiger charge is 2.13. The fourth-order valence-corrected chi connectivity index (χ4v) is 1.52. The van der Waals surface area contributed by atoms with E-state index in [1.165, 1.54) is 16.5 Å². The zero-order valence-electron chi connectivity index (χ0n) is 8.39. The fraction of sp³-hybridized carbons (Fsp3) is 0.333. The second kappa shape index (κ2) is 2.63. The minimum Gasteiger partial charge on any atom is -0.361 e. The number of benzene rings is 1. The molecule has 0 aliphatic rings. The molecule has 1 aromatic carbocycles. The molecule has 1 nitrogen and oxygen atoms in total. The molecule has 70 valence electrons. The first-order valence-electron chi connectivity index (χ1n) is 4.65. The molecular formula is C12H17N. The van der Waals surface area contributed by atoms with Crippen LogP contribution in [0.4, 0.5) is 0 Å². The van der Waals surface area contributed by atoms with Crippen LogP contribution in [0.5, 0.6) is 0 Å². The van der Waals surface area contributed by atoms with Gasteiger partial charge in [-0.3, -0.25) is 0 Å². The van der Waals surface area contributed by atoms with Crippen molar-refractivity contribution in [2.24, 2.45) is 0 Å². The first kappa shape index (κ1) is 8.36. The van der Waals surface area contributed by atoms with Gasteiger partial charge in [-0.05, 0) is 34.6 Å². The summed E-state index contributed by atoms with van der Waals surface area (Å²) in [6.45, 7) is 6.71. The molecule has 0 atom stereocenters. The molecule has 1 heterocycles. The number of fused-ring (bicyclic) bond motifs is 1. The summed E-state index contributed by atoms with van der Waals surface area (Å²) in [7, 11) is 0. The van der Waals surface area contributed by atoms with Crippen LogP contribution in [0.3, 0.4) is 0 Å². The zero-order valence-corrected chi connectivity index (χ0v) is 8.39. The Balaban J connectivity index is 0.000000980. The van der Waals surface area contributed by atoms with Crippen molar-refractivity contribution in [1.29, 1.82) is 0 Å². The Bertz CT molecular complexity index is 423. The molecule has 0 saturated carbocycles. The van der Waals surface area contributed by atoms with E-state index in [4.69, 9.17) is 0 Å². The normalized spacial score (nSPS) is 12.2. The molecule has 1 N–H and O–H groups in total. The Morgan fingerprint density at radius 3 is 2.62 bits per heavy atom. The van der Waals surface area contributed by atoms with Gasteiger partial charge in [0.1, 0.15) is 0 Å². The van der Waals surface area contributed by atoms with Gasteiger partial charge >= 0.3 is 0 Å². The van der Waals surface area contributed by atoms with Gasteiger partial charge < -0.3 is 4.98 Å². The average molecular weight is 175 g/mol. The van der Waals surface area contributed by atoms with E-state index in [2.05, 4.69) is 50.0 Å². The molecule has 0 radical (unpaired) electrons. The highest BCUT2D eigenvalue weighted by Crippen LogP contribution is 2.25. The Morgan fingerprint density at radius 2 is 1.92 bits per heavy atom. The van der Waals surface area contributed by atoms with Gasteiger partial charge in [0, 0.05) is 13.1 Å². The molecule has 1 aromatic heterocycles. The van der Waals surface area contributed by atoms with E-state index in [1.807, 2.05) is 6.20 Å². The van der Waals surface area contributed by atoms with Gasteiger partial charge in [0.25, 0.3) is 0 Å². The molecule has 0 amide bonds. The lowest BCUT2D eigenvalue weighted by atomic mass is 9.86. The Labute approximate surface area is 80.3 Å². The minimum absolute atomic E-state index is 0. The number of nitrogens with one attached hydrogen (secondary N) is 1. The SMILES string of the molecule is CC(C)(C)c1ccc2[nH]ccc2c1.[HH]. The van der Waals surface area contributed by atoms with Crippen LogP contribution in [0.1, 0.15) is 27.8 Å². The molecule has 0 aliphatic carbocycles. The lowest BCUT2D eigenvalue weighted by Crippen LogP contribution is -2.10. The number of aromatic amines is 1. The number of hydrogen-bond donors (Lipinski definition) is 1. The smallest absolute Gasteiger partial charge is 0.0454 e. The van der Waals surface area contributed by atoms with Gasteiger partial charge in [0.05, 0.1) is 0 Å². The van der Waals surface area contributed by atoms with Gasteiger partial charge in [0.2, 0.25) is 0 Å². The van der Waals surface area contributed by atoms with E-state index >= 15 is 0 Å². The maximum Gasteiger partial charge on any atom is 0.0454 e. The molecule has 0 fully saturated rings. The molecule has 1 heteroatoms. The molecule has 13 heavy (non-hydrogen) atoms. The molecule has 2 aromatic rings. The summed E-state index contributed by atoms with van der Waals surface area (Å²) >= 11 is 0. The number of aromatic nitrogens is 1. The van der Waals surface area contributed by atoms with Crippen molar-refractivity contribution in [3.05, 3.63) is 36.0 Å². The predicted molar refractivity (Wildman–Crippen MR) is 59.1 cm³/mol. The van der Waals surface area contributed by atoms with Crippen molar-refractivity contribution < 1.29 is 1.43 Å². The molecule has 0 bridgehead atoms. The van der Waals surface area contributed by atoms with Crippen LogP contribution in [0, 0.1) is 0 Å². The third-order valence-corrected chi connectivity index (χ3v) is 2.42. The van der Waals surface area contributed by atoms with Crippen LogP contribution in [0.2, 0.25) is 0 Å². The largest absolute Gasteiger partial charge is 0.361 e. The van der Waals surface area contributed by atoms with E-state index in [-0.39, 0.29) is 6.84 Å². The monoisotopic (exact) mass is 175 g/mol. The Morgan fingerprint density at radius 1 is 1.15 bits per heavy atom. The third kappa shape index (κ3) is 1.46. The second-order valence-electron chi connectivity index (χ2n) is 4.53. The van der Waals surface area contributed by atoms with Crippen molar-refractivity contribution in [3.63, 3.8) is 0 Å². The summed E-state index contributed by atoms with van der Waals surface area (Å²) in [6, 6.07) is 8.71. The van der Waals surface area contributed by atoms with Crippen LogP contribution in [0.25, 0.3) is 10.9 Å². The molecule has 0 saturated heterocycles. The van der Waals surface area contributed by atoms with Gasteiger partial charge in [-0.1, -0.05) is 26.8 Å². The lowest BCUT2D eigenvalue weighted by molar-refractivity contribution is 0.591. The highest BCUT2D eigenvalue weighted by molar-refractivity contribution is 5.80. The van der Waals surface area contributed by atoms with Crippen molar-refractivity contribution in [2.75, 3.05) is 0 Å². The minimum atomic E-state index is 0. The molecule has 2 rings (SSSR count). The topological polar surface area (TPSA) is 15.8 Å². The van der Waals surface area contributed by atoms with Crippen molar-refractivity contribution in [1.82, 2.24) is 4.98 Å². The fourth-order valence-electron chi connectivity index (χ4n) is 1.52. The van der Waals surface area contributed by atoms with E-state index in [9.17, 15) is 0 Å². The molecule has 0 unspecified atom stereocenters. The van der Waals surface area contributed by atoms with Crippen LogP contribution >= 0.6 is 0 Å². The summed E-state index contributed by atoms with van der Waals surface area (Å²) in [5, 5.41) is 1.30. The maximum atomic E-state index is 3.20. The van der Waals surface area contributed by atoms with E-state index in [0.717, 1.165) is 0 Å². The van der Waals surface area contributed by atoms with Crippen LogP contribution in [0.15, 0.2) is 30.5 Å². The van der Waals surface area contributed by atoms with Crippen molar-refractivity contribution in [2.45, 2.75) is 26.2 Å². The quantitative estimate of drug-likeness (QED) is 0.628. The average Bonchev–Trinajstić information content (AvgIpc) is 2.47. The molecular weight excluding hydrogens is 158 g/mol. The summed E-state index contributed by atoms with van der Waals surface area (Å²) in [4.78, 5) is 3.20. The number of rotatable bonds is 0. The summed E-state index contributed by atoms with van der Waals surface area (Å²) in [5.41, 5.74) is 2.85. The van der Waals surface area contributed by atoms with Crippen LogP contribution < -0.4 is 0 Å². The first-order valence-corrected chi connectivity index (χ1v) is 4.65. The number of H-pyrrole nitrogens is 1. The van der Waals surface area contributed by atoms with Crippen LogP contribution in [-0.4, -0.2) is 4.98 Å². The van der Waals surface area contributed by atoms with E-state index in [1.54, 1.807) is 0 Å². The maximum absolute atomic E-state index is 3.20. The summed E-state index contributed by atoms with van der Waals surface area (Å²) < 4.78 is 0. The van der Waals surface area contributed by atoms with Crippen molar-refractivity contribution in [3.8, 4) is 0 Å².